The SMILES string of the molecule is Cc1cc(C)cc(NC(=O)c2c(N)n(N=Cc3ccc(C(C)C)cc3)c3nc4ccccc4nc23)c1. The van der Waals surface area contributed by atoms with Crippen LogP contribution in [-0.2, 0) is 0 Å². The molecule has 7 nitrogen and oxygen atoms in total. The summed E-state index contributed by atoms with van der Waals surface area (Å²) in [6.07, 6.45) is 1.71. The molecule has 0 saturated carbocycles. The normalized spacial score (nSPS) is 11.7. The first kappa shape index (κ1) is 23.2. The summed E-state index contributed by atoms with van der Waals surface area (Å²) in [6.45, 7) is 8.29. The molecule has 1 amide bonds. The van der Waals surface area contributed by atoms with Gasteiger partial charge in [-0.2, -0.15) is 9.78 Å². The quantitative estimate of drug-likeness (QED) is 0.302. The van der Waals surface area contributed by atoms with Gasteiger partial charge < -0.3 is 11.1 Å². The summed E-state index contributed by atoms with van der Waals surface area (Å²) in [5.41, 5.74) is 13.9. The van der Waals surface area contributed by atoms with Gasteiger partial charge in [0.2, 0.25) is 0 Å². The van der Waals surface area contributed by atoms with Gasteiger partial charge in [-0.05, 0) is 66.3 Å². The lowest BCUT2D eigenvalue weighted by molar-refractivity contribution is 0.102. The van der Waals surface area contributed by atoms with Crippen molar-refractivity contribution in [1.82, 2.24) is 14.6 Å². The van der Waals surface area contributed by atoms with Gasteiger partial charge in [-0.25, -0.2) is 9.97 Å². The number of hydrogen-bond acceptors (Lipinski definition) is 5. The molecule has 0 aliphatic heterocycles. The van der Waals surface area contributed by atoms with Crippen molar-refractivity contribution in [3.05, 3.63) is 94.5 Å². The minimum atomic E-state index is -0.359. The van der Waals surface area contributed by atoms with Gasteiger partial charge in [-0.1, -0.05) is 56.3 Å². The second kappa shape index (κ2) is 9.26. The Balaban J connectivity index is 1.62. The molecule has 0 atom stereocenters. The van der Waals surface area contributed by atoms with E-state index >= 15 is 0 Å². The molecule has 7 heteroatoms. The zero-order valence-electron chi connectivity index (χ0n) is 20.8. The second-order valence-electron chi connectivity index (χ2n) is 9.35. The fourth-order valence-corrected chi connectivity index (χ4v) is 4.32. The van der Waals surface area contributed by atoms with Crippen LogP contribution in [0.15, 0.2) is 71.8 Å². The number of carbonyl (C=O) groups is 1. The van der Waals surface area contributed by atoms with Crippen LogP contribution < -0.4 is 11.1 Å². The molecule has 2 aromatic heterocycles. The van der Waals surface area contributed by atoms with Gasteiger partial charge in [0.25, 0.3) is 5.91 Å². The van der Waals surface area contributed by atoms with Crippen LogP contribution in [-0.4, -0.2) is 26.8 Å². The van der Waals surface area contributed by atoms with Crippen molar-refractivity contribution in [3.8, 4) is 0 Å². The van der Waals surface area contributed by atoms with Crippen molar-refractivity contribution in [2.75, 3.05) is 11.1 Å². The molecular formula is C29H28N6O. The Hall–Kier alpha value is -4.52. The highest BCUT2D eigenvalue weighted by atomic mass is 16.1. The molecule has 5 aromatic rings. The molecule has 3 aromatic carbocycles. The molecule has 2 heterocycles. The fraction of sp³-hybridized carbons (Fsp3) is 0.172. The lowest BCUT2D eigenvalue weighted by Crippen LogP contribution is -2.14. The number of nitrogens with zero attached hydrogens (tertiary/aromatic N) is 4. The van der Waals surface area contributed by atoms with Crippen LogP contribution in [0.4, 0.5) is 11.5 Å². The van der Waals surface area contributed by atoms with Gasteiger partial charge >= 0.3 is 0 Å². The van der Waals surface area contributed by atoms with E-state index in [-0.39, 0.29) is 17.3 Å². The number of anilines is 2. The number of aromatic nitrogens is 3. The molecule has 0 saturated heterocycles. The van der Waals surface area contributed by atoms with Crippen LogP contribution in [0, 0.1) is 13.8 Å². The molecule has 3 N–H and O–H groups in total. The van der Waals surface area contributed by atoms with Crippen LogP contribution in [0.5, 0.6) is 0 Å². The van der Waals surface area contributed by atoms with E-state index < -0.39 is 0 Å². The average molecular weight is 477 g/mol. The third kappa shape index (κ3) is 4.43. The highest BCUT2D eigenvalue weighted by molar-refractivity contribution is 6.16. The van der Waals surface area contributed by atoms with Crippen LogP contribution in [0.1, 0.15) is 52.4 Å². The van der Waals surface area contributed by atoms with E-state index in [1.807, 2.05) is 62.4 Å². The Bertz CT molecular complexity index is 1610. The predicted molar refractivity (Wildman–Crippen MR) is 147 cm³/mol. The van der Waals surface area contributed by atoms with Gasteiger partial charge in [0, 0.05) is 5.69 Å². The van der Waals surface area contributed by atoms with Gasteiger partial charge in [0.1, 0.15) is 16.9 Å². The van der Waals surface area contributed by atoms with Crippen molar-refractivity contribution >= 4 is 45.8 Å². The lowest BCUT2D eigenvalue weighted by Gasteiger charge is -2.08. The molecule has 0 unspecified atom stereocenters. The number of amides is 1. The maximum absolute atomic E-state index is 13.5. The molecule has 180 valence electrons. The highest BCUT2D eigenvalue weighted by Gasteiger charge is 2.24. The summed E-state index contributed by atoms with van der Waals surface area (Å²) in [6, 6.07) is 21.6. The minimum absolute atomic E-state index is 0.178. The van der Waals surface area contributed by atoms with Crippen LogP contribution in [0.25, 0.3) is 22.2 Å². The molecule has 36 heavy (non-hydrogen) atoms. The molecule has 0 aliphatic carbocycles. The van der Waals surface area contributed by atoms with Gasteiger partial charge in [-0.15, -0.1) is 0 Å². The first-order valence-corrected chi connectivity index (χ1v) is 11.9. The molecule has 0 spiro atoms. The number of rotatable bonds is 5. The van der Waals surface area contributed by atoms with E-state index in [9.17, 15) is 4.79 Å². The number of carbonyl (C=O) groups excluding carboxylic acids is 1. The van der Waals surface area contributed by atoms with Crippen molar-refractivity contribution < 1.29 is 4.79 Å². The number of aryl methyl sites for hydroxylation is 2. The van der Waals surface area contributed by atoms with Gasteiger partial charge in [0.05, 0.1) is 17.2 Å². The third-order valence-electron chi connectivity index (χ3n) is 6.11. The number of para-hydroxylation sites is 2. The van der Waals surface area contributed by atoms with E-state index in [1.54, 1.807) is 6.21 Å². The van der Waals surface area contributed by atoms with Crippen LogP contribution >= 0.6 is 0 Å². The Morgan fingerprint density at radius 3 is 2.25 bits per heavy atom. The maximum Gasteiger partial charge on any atom is 0.261 e. The van der Waals surface area contributed by atoms with Crippen molar-refractivity contribution in [3.63, 3.8) is 0 Å². The Morgan fingerprint density at radius 1 is 0.972 bits per heavy atom. The number of nitrogen functional groups attached to an aromatic ring is 1. The highest BCUT2D eigenvalue weighted by Crippen LogP contribution is 2.29. The third-order valence-corrected chi connectivity index (χ3v) is 6.11. The Kier molecular flexibility index (Phi) is 5.98. The largest absolute Gasteiger partial charge is 0.383 e. The second-order valence-corrected chi connectivity index (χ2v) is 9.35. The zero-order valence-corrected chi connectivity index (χ0v) is 20.8. The summed E-state index contributed by atoms with van der Waals surface area (Å²) in [5.74, 6) is 0.265. The molecule has 0 fully saturated rings. The maximum atomic E-state index is 13.5. The molecule has 0 aliphatic rings. The molecule has 5 rings (SSSR count). The molecule has 0 bridgehead atoms. The molecule has 0 radical (unpaired) electrons. The fourth-order valence-electron chi connectivity index (χ4n) is 4.32. The summed E-state index contributed by atoms with van der Waals surface area (Å²) in [7, 11) is 0. The summed E-state index contributed by atoms with van der Waals surface area (Å²) in [4.78, 5) is 23.0. The number of nitrogens with two attached hydrogens (primary N) is 1. The number of hydrogen-bond donors (Lipinski definition) is 2. The van der Waals surface area contributed by atoms with Crippen LogP contribution in [0.2, 0.25) is 0 Å². The number of benzene rings is 3. The van der Waals surface area contributed by atoms with Crippen molar-refractivity contribution in [2.45, 2.75) is 33.6 Å². The first-order valence-electron chi connectivity index (χ1n) is 11.9. The van der Waals surface area contributed by atoms with Crippen molar-refractivity contribution in [2.24, 2.45) is 5.10 Å². The van der Waals surface area contributed by atoms with E-state index in [2.05, 4.69) is 42.5 Å². The molecular weight excluding hydrogens is 448 g/mol. The number of nitrogens with one attached hydrogen (secondary N) is 1. The topological polar surface area (TPSA) is 98.2 Å². The summed E-state index contributed by atoms with van der Waals surface area (Å²) >= 11 is 0. The van der Waals surface area contributed by atoms with Gasteiger partial charge in [-0.3, -0.25) is 4.79 Å². The van der Waals surface area contributed by atoms with Crippen LogP contribution in [0.3, 0.4) is 0 Å². The standard InChI is InChI=1S/C29H28N6O/c1-17(2)21-11-9-20(10-12-21)16-31-35-27(30)25(29(36)32-22-14-18(3)13-19(4)15-22)26-28(35)34-24-8-6-5-7-23(24)33-26/h5-17H,30H2,1-4H3,(H,32,36). The van der Waals surface area contributed by atoms with E-state index in [4.69, 9.17) is 15.7 Å². The summed E-state index contributed by atoms with van der Waals surface area (Å²) in [5, 5.41) is 7.58. The first-order chi connectivity index (χ1) is 17.3. The summed E-state index contributed by atoms with van der Waals surface area (Å²) < 4.78 is 1.49. The van der Waals surface area contributed by atoms with E-state index in [0.717, 1.165) is 16.7 Å². The van der Waals surface area contributed by atoms with Crippen molar-refractivity contribution in [1.29, 1.82) is 0 Å². The lowest BCUT2D eigenvalue weighted by atomic mass is 10.0. The smallest absolute Gasteiger partial charge is 0.261 e. The van der Waals surface area contributed by atoms with E-state index in [1.165, 1.54) is 10.2 Å². The monoisotopic (exact) mass is 476 g/mol. The van der Waals surface area contributed by atoms with E-state index in [0.29, 0.717) is 33.8 Å². The predicted octanol–water partition coefficient (Wildman–Crippen LogP) is 6.04. The zero-order chi connectivity index (χ0) is 25.4. The average Bonchev–Trinajstić information content (AvgIpc) is 3.10. The Morgan fingerprint density at radius 2 is 1.61 bits per heavy atom. The Labute approximate surface area is 209 Å². The van der Waals surface area contributed by atoms with Gasteiger partial charge in [0.15, 0.2) is 5.65 Å². The minimum Gasteiger partial charge on any atom is -0.383 e. The number of fused-ring (bicyclic) bond motifs is 2.